The lowest BCUT2D eigenvalue weighted by Crippen LogP contribution is -2.39. The molecule has 3 aliphatic rings. The van der Waals surface area contributed by atoms with Crippen LogP contribution in [0.15, 0.2) is 30.3 Å². The Morgan fingerprint density at radius 2 is 1.76 bits per heavy atom. The maximum Gasteiger partial charge on any atom is 0.296 e. The van der Waals surface area contributed by atoms with E-state index in [1.165, 1.54) is 4.57 Å². The molecule has 3 fully saturated rings. The van der Waals surface area contributed by atoms with E-state index >= 15 is 0 Å². The van der Waals surface area contributed by atoms with E-state index in [1.54, 1.807) is 24.3 Å². The van der Waals surface area contributed by atoms with Crippen LogP contribution in [0.1, 0.15) is 50.8 Å². The summed E-state index contributed by atoms with van der Waals surface area (Å²) < 4.78 is 35.1. The van der Waals surface area contributed by atoms with Gasteiger partial charge in [0.1, 0.15) is 11.6 Å². The van der Waals surface area contributed by atoms with E-state index in [2.05, 4.69) is 20.1 Å². The summed E-state index contributed by atoms with van der Waals surface area (Å²) in [5.41, 5.74) is 1.08. The molecule has 6 rings (SSSR count). The van der Waals surface area contributed by atoms with Crippen LogP contribution in [0.25, 0.3) is 16.9 Å². The third-order valence-corrected chi connectivity index (χ3v) is 7.96. The zero-order valence-corrected chi connectivity index (χ0v) is 21.4. The molecule has 0 spiro atoms. The number of rotatable bonds is 7. The van der Waals surface area contributed by atoms with Crippen molar-refractivity contribution >= 4 is 28.7 Å². The van der Waals surface area contributed by atoms with E-state index in [4.69, 9.17) is 14.7 Å². The predicted molar refractivity (Wildman–Crippen MR) is 140 cm³/mol. The van der Waals surface area contributed by atoms with Crippen LogP contribution in [0.5, 0.6) is 0 Å². The van der Waals surface area contributed by atoms with Gasteiger partial charge in [-0.3, -0.25) is 9.36 Å². The van der Waals surface area contributed by atoms with E-state index < -0.39 is 6.43 Å². The van der Waals surface area contributed by atoms with Crippen molar-refractivity contribution in [3.05, 3.63) is 36.2 Å². The van der Waals surface area contributed by atoms with Crippen molar-refractivity contribution in [1.29, 1.82) is 0 Å². The number of hydrogen-bond acceptors (Lipinski definition) is 7. The molecule has 0 unspecified atom stereocenters. The first kappa shape index (κ1) is 25.0. The second-order valence-electron chi connectivity index (χ2n) is 10.3. The van der Waals surface area contributed by atoms with Crippen molar-refractivity contribution in [2.24, 2.45) is 5.92 Å². The number of morpholine rings is 1. The largest absolute Gasteiger partial charge is 0.378 e. The van der Waals surface area contributed by atoms with Gasteiger partial charge in [0.2, 0.25) is 11.9 Å². The molecule has 1 aliphatic carbocycles. The van der Waals surface area contributed by atoms with Gasteiger partial charge in [-0.1, -0.05) is 12.1 Å². The summed E-state index contributed by atoms with van der Waals surface area (Å²) in [6.45, 7) is 4.09. The Kier molecular flexibility index (Phi) is 7.10. The molecule has 2 aliphatic heterocycles. The SMILES string of the molecule is O=C1CCCN1[C@H]1CC[C@H](CNc2nc(N3CCOCC3)cc(-n3c(C(F)F)nc4ccccc43)n2)CC1. The van der Waals surface area contributed by atoms with E-state index in [0.29, 0.717) is 85.8 Å². The zero-order valence-electron chi connectivity index (χ0n) is 21.4. The molecule has 4 heterocycles. The summed E-state index contributed by atoms with van der Waals surface area (Å²) in [5.74, 6) is 1.85. The normalized spacial score (nSPS) is 22.6. The monoisotopic (exact) mass is 525 g/mol. The Morgan fingerprint density at radius 3 is 2.50 bits per heavy atom. The Hall–Kier alpha value is -3.34. The minimum atomic E-state index is -2.75. The molecule has 3 aromatic rings. The van der Waals surface area contributed by atoms with Gasteiger partial charge < -0.3 is 19.9 Å². The van der Waals surface area contributed by atoms with Crippen LogP contribution >= 0.6 is 0 Å². The molecule has 0 atom stereocenters. The fourth-order valence-electron chi connectivity index (χ4n) is 5.95. The highest BCUT2D eigenvalue weighted by atomic mass is 19.3. The Labute approximate surface area is 220 Å². The number of fused-ring (bicyclic) bond motifs is 1. The highest BCUT2D eigenvalue weighted by Gasteiger charge is 2.31. The van der Waals surface area contributed by atoms with Crippen LogP contribution in [0.3, 0.4) is 0 Å². The molecule has 0 bridgehead atoms. The fourth-order valence-corrected chi connectivity index (χ4v) is 5.95. The minimum absolute atomic E-state index is 0.294. The number of para-hydroxylation sites is 2. The Bertz CT molecular complexity index is 1290. The molecule has 0 radical (unpaired) electrons. The van der Waals surface area contributed by atoms with Gasteiger partial charge in [0.15, 0.2) is 5.82 Å². The summed E-state index contributed by atoms with van der Waals surface area (Å²) in [6.07, 6.45) is 2.98. The van der Waals surface area contributed by atoms with Gasteiger partial charge in [-0.2, -0.15) is 9.97 Å². The zero-order chi connectivity index (χ0) is 26.1. The second kappa shape index (κ2) is 10.8. The lowest BCUT2D eigenvalue weighted by atomic mass is 9.85. The first-order valence-corrected chi connectivity index (χ1v) is 13.6. The van der Waals surface area contributed by atoms with Crippen LogP contribution < -0.4 is 10.2 Å². The third kappa shape index (κ3) is 5.03. The number of aromatic nitrogens is 4. The number of nitrogens with zero attached hydrogens (tertiary/aromatic N) is 6. The van der Waals surface area contributed by atoms with Crippen LogP contribution in [0, 0.1) is 5.92 Å². The van der Waals surface area contributed by atoms with Crippen molar-refractivity contribution in [1.82, 2.24) is 24.4 Å². The van der Waals surface area contributed by atoms with Gasteiger partial charge in [-0.25, -0.2) is 13.8 Å². The number of likely N-dealkylation sites (tertiary alicyclic amines) is 1. The molecule has 1 amide bonds. The summed E-state index contributed by atoms with van der Waals surface area (Å²) in [4.78, 5) is 30.0. The number of nitrogens with one attached hydrogen (secondary N) is 1. The fraction of sp³-hybridized carbons (Fsp3) is 0.556. The lowest BCUT2D eigenvalue weighted by Gasteiger charge is -2.34. The molecule has 1 saturated carbocycles. The molecule has 1 aromatic carbocycles. The van der Waals surface area contributed by atoms with Gasteiger partial charge in [0, 0.05) is 44.7 Å². The first-order valence-electron chi connectivity index (χ1n) is 13.6. The number of halogens is 2. The number of carbonyl (C=O) groups is 1. The number of amides is 1. The maximum atomic E-state index is 14.1. The van der Waals surface area contributed by atoms with E-state index in [0.717, 1.165) is 38.6 Å². The van der Waals surface area contributed by atoms with Crippen LogP contribution in [0.2, 0.25) is 0 Å². The Balaban J connectivity index is 1.25. The van der Waals surface area contributed by atoms with Crippen LogP contribution in [-0.4, -0.2) is 75.8 Å². The van der Waals surface area contributed by atoms with Gasteiger partial charge in [-0.15, -0.1) is 0 Å². The summed E-state index contributed by atoms with van der Waals surface area (Å²) in [6, 6.07) is 9.22. The third-order valence-electron chi connectivity index (χ3n) is 7.96. The van der Waals surface area contributed by atoms with E-state index in [9.17, 15) is 13.6 Å². The van der Waals surface area contributed by atoms with Crippen molar-refractivity contribution < 1.29 is 18.3 Å². The number of ether oxygens (including phenoxy) is 1. The predicted octanol–water partition coefficient (Wildman–Crippen LogP) is 4.18. The standard InChI is InChI=1S/C27H33F2N7O2/c28-25(29)26-31-20-4-1-2-5-21(20)36(26)23-16-22(34-12-14-38-15-13-34)32-27(33-23)30-17-18-7-9-19(10-8-18)35-11-3-6-24(35)37/h1-2,4-5,16,18-19,25H,3,6-15,17H2,(H,30,32,33)/t18-,19-. The van der Waals surface area contributed by atoms with Gasteiger partial charge in [0.25, 0.3) is 6.43 Å². The van der Waals surface area contributed by atoms with E-state index in [-0.39, 0.29) is 5.82 Å². The van der Waals surface area contributed by atoms with E-state index in [1.807, 2.05) is 6.07 Å². The molecule has 38 heavy (non-hydrogen) atoms. The highest BCUT2D eigenvalue weighted by molar-refractivity contribution is 5.79. The minimum Gasteiger partial charge on any atom is -0.378 e. The molecule has 2 aromatic heterocycles. The molecule has 2 saturated heterocycles. The van der Waals surface area contributed by atoms with Gasteiger partial charge in [-0.05, 0) is 50.2 Å². The number of alkyl halides is 2. The maximum absolute atomic E-state index is 14.1. The quantitative estimate of drug-likeness (QED) is 0.495. The van der Waals surface area contributed by atoms with Crippen molar-refractivity contribution in [2.75, 3.05) is 49.6 Å². The Morgan fingerprint density at radius 1 is 1.00 bits per heavy atom. The number of hydrogen-bond donors (Lipinski definition) is 1. The molecule has 202 valence electrons. The number of benzene rings is 1. The summed E-state index contributed by atoms with van der Waals surface area (Å²) in [7, 11) is 0. The lowest BCUT2D eigenvalue weighted by molar-refractivity contribution is -0.130. The average molecular weight is 526 g/mol. The first-order chi connectivity index (χ1) is 18.6. The topological polar surface area (TPSA) is 88.4 Å². The average Bonchev–Trinajstić information content (AvgIpc) is 3.56. The molecular formula is C27H33F2N7O2. The highest BCUT2D eigenvalue weighted by Crippen LogP contribution is 2.32. The number of anilines is 2. The number of imidazole rings is 1. The van der Waals surface area contributed by atoms with Crippen LogP contribution in [0.4, 0.5) is 20.5 Å². The molecule has 1 N–H and O–H groups in total. The summed E-state index contributed by atoms with van der Waals surface area (Å²) >= 11 is 0. The number of carbonyl (C=O) groups excluding carboxylic acids is 1. The van der Waals surface area contributed by atoms with Gasteiger partial charge >= 0.3 is 0 Å². The van der Waals surface area contributed by atoms with Crippen molar-refractivity contribution in [2.45, 2.75) is 51.0 Å². The van der Waals surface area contributed by atoms with Crippen molar-refractivity contribution in [3.63, 3.8) is 0 Å². The van der Waals surface area contributed by atoms with Crippen LogP contribution in [-0.2, 0) is 9.53 Å². The molecular weight excluding hydrogens is 492 g/mol. The summed E-state index contributed by atoms with van der Waals surface area (Å²) in [5, 5.41) is 3.40. The second-order valence-corrected chi connectivity index (χ2v) is 10.3. The van der Waals surface area contributed by atoms with Crippen molar-refractivity contribution in [3.8, 4) is 5.82 Å². The van der Waals surface area contributed by atoms with Gasteiger partial charge in [0.05, 0.1) is 24.2 Å². The molecule has 11 heteroatoms. The molecule has 9 nitrogen and oxygen atoms in total. The smallest absolute Gasteiger partial charge is 0.296 e.